The van der Waals surface area contributed by atoms with Crippen LogP contribution in [0.5, 0.6) is 0 Å². The summed E-state index contributed by atoms with van der Waals surface area (Å²) in [5.74, 6) is -0.526. The molecule has 0 aliphatic carbocycles. The SMILES string of the molecule is CN(C)c1cccc(C(=O)O)c1C1CCN(Cc2ccccc2)CC1. The fraction of sp³-hybridized carbons (Fsp3) is 0.381. The van der Waals surface area contributed by atoms with E-state index in [1.54, 1.807) is 6.07 Å². The minimum Gasteiger partial charge on any atom is -0.478 e. The molecule has 1 heterocycles. The minimum absolute atomic E-state index is 0.303. The van der Waals surface area contributed by atoms with Crippen LogP contribution in [0.25, 0.3) is 0 Å². The number of carboxylic acid groups (broad SMARTS) is 1. The van der Waals surface area contributed by atoms with E-state index >= 15 is 0 Å². The molecule has 2 aromatic rings. The van der Waals surface area contributed by atoms with Gasteiger partial charge >= 0.3 is 5.97 Å². The van der Waals surface area contributed by atoms with Gasteiger partial charge < -0.3 is 10.0 Å². The Kier molecular flexibility index (Phi) is 5.39. The summed E-state index contributed by atoms with van der Waals surface area (Å²) in [6.07, 6.45) is 2.00. The maximum absolute atomic E-state index is 11.7. The van der Waals surface area contributed by atoms with Crippen molar-refractivity contribution < 1.29 is 9.90 Å². The van der Waals surface area contributed by atoms with Gasteiger partial charge in [0.1, 0.15) is 0 Å². The van der Waals surface area contributed by atoms with Crippen LogP contribution in [0.4, 0.5) is 5.69 Å². The third-order valence-corrected chi connectivity index (χ3v) is 5.04. The fourth-order valence-electron chi connectivity index (χ4n) is 3.78. The first kappa shape index (κ1) is 17.5. The number of likely N-dealkylation sites (tertiary alicyclic amines) is 1. The fourth-order valence-corrected chi connectivity index (χ4v) is 3.78. The quantitative estimate of drug-likeness (QED) is 0.900. The van der Waals surface area contributed by atoms with Crippen LogP contribution in [0.2, 0.25) is 0 Å². The van der Waals surface area contributed by atoms with Crippen molar-refractivity contribution in [2.24, 2.45) is 0 Å². The highest BCUT2D eigenvalue weighted by atomic mass is 16.4. The standard InChI is InChI=1S/C21H26N2O2/c1-22(2)19-10-6-9-18(21(24)25)20(19)17-11-13-23(14-12-17)15-16-7-4-3-5-8-16/h3-10,17H,11-15H2,1-2H3,(H,24,25). The zero-order valence-corrected chi connectivity index (χ0v) is 15.0. The number of hydrogen-bond acceptors (Lipinski definition) is 3. The van der Waals surface area contributed by atoms with Crippen LogP contribution in [0.15, 0.2) is 48.5 Å². The average Bonchev–Trinajstić information content (AvgIpc) is 2.62. The molecule has 0 spiro atoms. The topological polar surface area (TPSA) is 43.8 Å². The molecule has 1 aliphatic rings. The Morgan fingerprint density at radius 1 is 1.08 bits per heavy atom. The molecule has 0 bridgehead atoms. The summed E-state index contributed by atoms with van der Waals surface area (Å²) in [4.78, 5) is 16.2. The first-order valence-corrected chi connectivity index (χ1v) is 8.86. The van der Waals surface area contributed by atoms with Gasteiger partial charge in [-0.1, -0.05) is 36.4 Å². The molecule has 4 heteroatoms. The van der Waals surface area contributed by atoms with Crippen LogP contribution < -0.4 is 4.90 Å². The molecular formula is C21H26N2O2. The molecule has 3 rings (SSSR count). The molecule has 0 aromatic heterocycles. The zero-order chi connectivity index (χ0) is 17.8. The summed E-state index contributed by atoms with van der Waals surface area (Å²) in [7, 11) is 3.96. The maximum Gasteiger partial charge on any atom is 0.336 e. The number of anilines is 1. The van der Waals surface area contributed by atoms with Crippen molar-refractivity contribution in [1.82, 2.24) is 4.90 Å². The monoisotopic (exact) mass is 338 g/mol. The molecule has 1 saturated heterocycles. The van der Waals surface area contributed by atoms with Gasteiger partial charge in [-0.2, -0.15) is 0 Å². The average molecular weight is 338 g/mol. The van der Waals surface area contributed by atoms with E-state index in [9.17, 15) is 9.90 Å². The van der Waals surface area contributed by atoms with Gasteiger partial charge in [0, 0.05) is 26.3 Å². The summed E-state index contributed by atoms with van der Waals surface area (Å²) >= 11 is 0. The van der Waals surface area contributed by atoms with Gasteiger partial charge in [-0.3, -0.25) is 4.90 Å². The summed E-state index contributed by atoms with van der Waals surface area (Å²) in [6, 6.07) is 16.1. The lowest BCUT2D eigenvalue weighted by atomic mass is 9.85. The number of hydrogen-bond donors (Lipinski definition) is 1. The van der Waals surface area contributed by atoms with Crippen LogP contribution >= 0.6 is 0 Å². The van der Waals surface area contributed by atoms with Crippen molar-refractivity contribution in [2.45, 2.75) is 25.3 Å². The molecular weight excluding hydrogens is 312 g/mol. The summed E-state index contributed by atoms with van der Waals surface area (Å²) < 4.78 is 0. The van der Waals surface area contributed by atoms with Gasteiger partial charge in [0.15, 0.2) is 0 Å². The lowest BCUT2D eigenvalue weighted by molar-refractivity contribution is 0.0694. The Labute approximate surface area is 149 Å². The molecule has 0 unspecified atom stereocenters. The number of carbonyl (C=O) groups is 1. The van der Waals surface area contributed by atoms with Crippen molar-refractivity contribution in [1.29, 1.82) is 0 Å². The Balaban J connectivity index is 1.75. The number of benzene rings is 2. The lowest BCUT2D eigenvalue weighted by Gasteiger charge is -2.34. The Morgan fingerprint density at radius 2 is 1.76 bits per heavy atom. The molecule has 1 fully saturated rings. The Hall–Kier alpha value is -2.33. The number of aromatic carboxylic acids is 1. The van der Waals surface area contributed by atoms with Gasteiger partial charge in [0.2, 0.25) is 0 Å². The summed E-state index contributed by atoms with van der Waals surface area (Å²) in [6.45, 7) is 2.97. The van der Waals surface area contributed by atoms with Crippen molar-refractivity contribution in [2.75, 3.05) is 32.1 Å². The highest BCUT2D eigenvalue weighted by Gasteiger charge is 2.27. The van der Waals surface area contributed by atoms with Gasteiger partial charge in [-0.25, -0.2) is 4.79 Å². The number of piperidine rings is 1. The van der Waals surface area contributed by atoms with E-state index in [1.165, 1.54) is 5.56 Å². The third-order valence-electron chi connectivity index (χ3n) is 5.04. The molecule has 1 N–H and O–H groups in total. The second kappa shape index (κ2) is 7.70. The normalized spacial score (nSPS) is 15.9. The minimum atomic E-state index is -0.828. The van der Waals surface area contributed by atoms with Gasteiger partial charge in [0.05, 0.1) is 5.56 Å². The van der Waals surface area contributed by atoms with Gasteiger partial charge in [0.25, 0.3) is 0 Å². The molecule has 0 amide bonds. The number of nitrogens with zero attached hydrogens (tertiary/aromatic N) is 2. The van der Waals surface area contributed by atoms with E-state index in [2.05, 4.69) is 29.2 Å². The van der Waals surface area contributed by atoms with E-state index in [0.717, 1.165) is 43.7 Å². The first-order valence-electron chi connectivity index (χ1n) is 8.86. The van der Waals surface area contributed by atoms with Crippen LogP contribution in [0.1, 0.15) is 40.2 Å². The molecule has 0 atom stereocenters. The predicted octanol–water partition coefficient (Wildman–Crippen LogP) is 3.83. The van der Waals surface area contributed by atoms with Gasteiger partial charge in [-0.05, 0) is 55.1 Å². The van der Waals surface area contributed by atoms with E-state index in [4.69, 9.17) is 0 Å². The second-order valence-corrected chi connectivity index (χ2v) is 6.97. The third kappa shape index (κ3) is 4.02. The molecule has 4 nitrogen and oxygen atoms in total. The molecule has 2 aromatic carbocycles. The molecule has 0 radical (unpaired) electrons. The summed E-state index contributed by atoms with van der Waals surface area (Å²) in [5.41, 5.74) is 3.81. The first-order chi connectivity index (χ1) is 12.1. The van der Waals surface area contributed by atoms with Crippen molar-refractivity contribution in [3.05, 3.63) is 65.2 Å². The maximum atomic E-state index is 11.7. The lowest BCUT2D eigenvalue weighted by Crippen LogP contribution is -2.33. The van der Waals surface area contributed by atoms with Crippen molar-refractivity contribution in [3.63, 3.8) is 0 Å². The Bertz CT molecular complexity index is 720. The van der Waals surface area contributed by atoms with E-state index in [0.29, 0.717) is 11.5 Å². The Morgan fingerprint density at radius 3 is 2.36 bits per heavy atom. The van der Waals surface area contributed by atoms with Crippen molar-refractivity contribution in [3.8, 4) is 0 Å². The van der Waals surface area contributed by atoms with Crippen LogP contribution in [-0.2, 0) is 6.54 Å². The van der Waals surface area contributed by atoms with E-state index in [1.807, 2.05) is 37.2 Å². The van der Waals surface area contributed by atoms with Crippen molar-refractivity contribution >= 4 is 11.7 Å². The number of rotatable bonds is 5. The summed E-state index contributed by atoms with van der Waals surface area (Å²) in [5, 5.41) is 9.62. The smallest absolute Gasteiger partial charge is 0.336 e. The highest BCUT2D eigenvalue weighted by molar-refractivity contribution is 5.91. The van der Waals surface area contributed by atoms with E-state index in [-0.39, 0.29) is 0 Å². The second-order valence-electron chi connectivity index (χ2n) is 6.97. The molecule has 25 heavy (non-hydrogen) atoms. The molecule has 132 valence electrons. The molecule has 1 aliphatic heterocycles. The largest absolute Gasteiger partial charge is 0.478 e. The van der Waals surface area contributed by atoms with Crippen LogP contribution in [-0.4, -0.2) is 43.2 Å². The highest BCUT2D eigenvalue weighted by Crippen LogP contribution is 2.37. The molecule has 0 saturated carbocycles. The number of carboxylic acids is 1. The van der Waals surface area contributed by atoms with E-state index < -0.39 is 5.97 Å². The van der Waals surface area contributed by atoms with Crippen LogP contribution in [0, 0.1) is 0 Å². The van der Waals surface area contributed by atoms with Crippen LogP contribution in [0.3, 0.4) is 0 Å². The zero-order valence-electron chi connectivity index (χ0n) is 15.0. The predicted molar refractivity (Wildman–Crippen MR) is 101 cm³/mol. The van der Waals surface area contributed by atoms with Gasteiger partial charge in [-0.15, -0.1) is 0 Å².